The molecule has 0 radical (unpaired) electrons. The van der Waals surface area contributed by atoms with E-state index in [9.17, 15) is 0 Å². The highest BCUT2D eigenvalue weighted by Gasteiger charge is 2.29. The summed E-state index contributed by atoms with van der Waals surface area (Å²) in [6, 6.07) is 17.8. The molecule has 0 aliphatic carbocycles. The zero-order valence-corrected chi connectivity index (χ0v) is 21.8. The molecule has 0 saturated carbocycles. The van der Waals surface area contributed by atoms with Gasteiger partial charge < -0.3 is 5.73 Å². The maximum Gasteiger partial charge on any atom is 0.0365 e. The van der Waals surface area contributed by atoms with Gasteiger partial charge in [-0.3, -0.25) is 0 Å². The lowest BCUT2D eigenvalue weighted by Gasteiger charge is -2.31. The van der Waals surface area contributed by atoms with Gasteiger partial charge in [0.2, 0.25) is 0 Å². The predicted octanol–water partition coefficient (Wildman–Crippen LogP) is 8.28. The number of aryl methyl sites for hydroxylation is 2. The topological polar surface area (TPSA) is 26.0 Å². The molecule has 0 fully saturated rings. The van der Waals surface area contributed by atoms with Crippen LogP contribution in [0, 0.1) is 27.7 Å². The zero-order valence-electron chi connectivity index (χ0n) is 21.8. The van der Waals surface area contributed by atoms with Crippen LogP contribution in [0.2, 0.25) is 0 Å². The van der Waals surface area contributed by atoms with Gasteiger partial charge in [-0.2, -0.15) is 0 Å². The molecule has 170 valence electrons. The highest BCUT2D eigenvalue weighted by molar-refractivity contribution is 5.61. The first-order valence-corrected chi connectivity index (χ1v) is 11.8. The van der Waals surface area contributed by atoms with Gasteiger partial charge in [0.25, 0.3) is 0 Å². The zero-order chi connectivity index (χ0) is 24.0. The van der Waals surface area contributed by atoms with Crippen molar-refractivity contribution in [2.24, 2.45) is 0 Å². The van der Waals surface area contributed by atoms with Crippen molar-refractivity contribution in [3.05, 3.63) is 98.6 Å². The van der Waals surface area contributed by atoms with E-state index in [4.69, 9.17) is 5.73 Å². The fourth-order valence-electron chi connectivity index (χ4n) is 5.21. The summed E-state index contributed by atoms with van der Waals surface area (Å²) in [5, 5.41) is 0. The van der Waals surface area contributed by atoms with E-state index in [1.807, 2.05) is 12.1 Å². The van der Waals surface area contributed by atoms with E-state index in [-0.39, 0.29) is 16.7 Å². The first kappa shape index (κ1) is 24.1. The monoisotopic (exact) mass is 427 g/mol. The summed E-state index contributed by atoms with van der Waals surface area (Å²) in [4.78, 5) is 0. The molecule has 0 bridgehead atoms. The quantitative estimate of drug-likeness (QED) is 0.330. The van der Waals surface area contributed by atoms with Crippen LogP contribution in [0.3, 0.4) is 0 Å². The van der Waals surface area contributed by atoms with Gasteiger partial charge in [-0.05, 0) is 83.5 Å². The summed E-state index contributed by atoms with van der Waals surface area (Å²) in [7, 11) is 0. The number of para-hydroxylation sites is 1. The van der Waals surface area contributed by atoms with Crippen LogP contribution in [0.25, 0.3) is 0 Å². The molecular weight excluding hydrogens is 386 g/mol. The molecule has 0 aliphatic rings. The SMILES string of the molecule is Cc1cc(C(c2ccccc2N)c2cc(C)cc(C(C)(C)C)c2C)c(C)c(C(C)(C)C)c1. The summed E-state index contributed by atoms with van der Waals surface area (Å²) in [6.45, 7) is 22.8. The van der Waals surface area contributed by atoms with Gasteiger partial charge in [0.1, 0.15) is 0 Å². The maximum atomic E-state index is 6.62. The Morgan fingerprint density at radius 1 is 0.594 bits per heavy atom. The molecule has 0 unspecified atom stereocenters. The van der Waals surface area contributed by atoms with Crippen LogP contribution in [0.1, 0.15) is 97.5 Å². The third kappa shape index (κ3) is 4.63. The Bertz CT molecular complexity index is 1070. The highest BCUT2D eigenvalue weighted by Crippen LogP contribution is 2.43. The summed E-state index contributed by atoms with van der Waals surface area (Å²) in [5.41, 5.74) is 19.7. The fraction of sp³-hybridized carbons (Fsp3) is 0.419. The van der Waals surface area contributed by atoms with E-state index in [2.05, 4.69) is 106 Å². The molecule has 1 heteroatoms. The first-order valence-electron chi connectivity index (χ1n) is 11.8. The molecule has 0 aliphatic heterocycles. The number of anilines is 1. The Labute approximate surface area is 196 Å². The smallest absolute Gasteiger partial charge is 0.0365 e. The van der Waals surface area contributed by atoms with Gasteiger partial charge in [0.05, 0.1) is 0 Å². The molecule has 0 spiro atoms. The molecule has 32 heavy (non-hydrogen) atoms. The fourth-order valence-corrected chi connectivity index (χ4v) is 5.21. The van der Waals surface area contributed by atoms with E-state index in [0.717, 1.165) is 5.69 Å². The molecule has 0 saturated heterocycles. The maximum absolute atomic E-state index is 6.62. The molecule has 3 rings (SSSR count). The number of hydrogen-bond acceptors (Lipinski definition) is 1. The lowest BCUT2D eigenvalue weighted by atomic mass is 9.73. The first-order chi connectivity index (χ1) is 14.7. The van der Waals surface area contributed by atoms with Crippen LogP contribution in [-0.2, 0) is 10.8 Å². The third-order valence-electron chi connectivity index (χ3n) is 6.73. The molecule has 3 aromatic rings. The van der Waals surface area contributed by atoms with Gasteiger partial charge in [0, 0.05) is 11.6 Å². The van der Waals surface area contributed by atoms with Crippen molar-refractivity contribution in [3.63, 3.8) is 0 Å². The average Bonchev–Trinajstić information content (AvgIpc) is 2.66. The number of nitrogen functional groups attached to an aromatic ring is 1. The predicted molar refractivity (Wildman–Crippen MR) is 141 cm³/mol. The number of rotatable bonds is 3. The van der Waals surface area contributed by atoms with Crippen molar-refractivity contribution in [2.45, 2.75) is 86.0 Å². The summed E-state index contributed by atoms with van der Waals surface area (Å²) < 4.78 is 0. The van der Waals surface area contributed by atoms with Crippen LogP contribution in [0.5, 0.6) is 0 Å². The minimum Gasteiger partial charge on any atom is -0.398 e. The van der Waals surface area contributed by atoms with Crippen LogP contribution in [0.15, 0.2) is 48.5 Å². The van der Waals surface area contributed by atoms with Crippen LogP contribution in [-0.4, -0.2) is 0 Å². The number of hydrogen-bond donors (Lipinski definition) is 1. The third-order valence-corrected chi connectivity index (χ3v) is 6.73. The molecule has 3 aromatic carbocycles. The summed E-state index contributed by atoms with van der Waals surface area (Å²) in [6.07, 6.45) is 0. The average molecular weight is 428 g/mol. The molecule has 0 heterocycles. The Hall–Kier alpha value is -2.54. The van der Waals surface area contributed by atoms with E-state index in [1.54, 1.807) is 0 Å². The largest absolute Gasteiger partial charge is 0.398 e. The normalized spacial score (nSPS) is 12.5. The molecule has 1 nitrogen and oxygen atoms in total. The lowest BCUT2D eigenvalue weighted by molar-refractivity contribution is 0.582. The van der Waals surface area contributed by atoms with Crippen molar-refractivity contribution < 1.29 is 0 Å². The van der Waals surface area contributed by atoms with Gasteiger partial charge in [0.15, 0.2) is 0 Å². The second-order valence-corrected chi connectivity index (χ2v) is 11.6. The Morgan fingerprint density at radius 2 is 1.00 bits per heavy atom. The highest BCUT2D eigenvalue weighted by atomic mass is 14.6. The minimum absolute atomic E-state index is 0.0792. The summed E-state index contributed by atoms with van der Waals surface area (Å²) in [5.74, 6) is 0.0956. The van der Waals surface area contributed by atoms with Crippen molar-refractivity contribution in [1.82, 2.24) is 0 Å². The van der Waals surface area contributed by atoms with E-state index in [0.29, 0.717) is 0 Å². The number of benzene rings is 3. The Morgan fingerprint density at radius 3 is 1.38 bits per heavy atom. The van der Waals surface area contributed by atoms with Crippen molar-refractivity contribution in [3.8, 4) is 0 Å². The van der Waals surface area contributed by atoms with Crippen LogP contribution >= 0.6 is 0 Å². The Balaban J connectivity index is 2.45. The molecule has 2 N–H and O–H groups in total. The van der Waals surface area contributed by atoms with Crippen LogP contribution in [0.4, 0.5) is 5.69 Å². The molecular formula is C31H41N. The van der Waals surface area contributed by atoms with Gasteiger partial charge in [-0.15, -0.1) is 0 Å². The van der Waals surface area contributed by atoms with Gasteiger partial charge >= 0.3 is 0 Å². The van der Waals surface area contributed by atoms with Crippen LogP contribution < -0.4 is 5.73 Å². The van der Waals surface area contributed by atoms with Gasteiger partial charge in [-0.25, -0.2) is 0 Å². The standard InChI is InChI=1S/C31H41N/c1-19-15-24(21(3)26(17-19)30(5,6)7)29(23-13-11-12-14-28(23)32)25-16-20(2)18-27(22(25)4)31(8,9)10/h11-18,29H,32H2,1-10H3. The molecule has 0 atom stereocenters. The van der Waals surface area contributed by atoms with Crippen molar-refractivity contribution in [2.75, 3.05) is 5.73 Å². The Kier molecular flexibility index (Phi) is 6.35. The second kappa shape index (κ2) is 8.43. The molecule has 0 amide bonds. The second-order valence-electron chi connectivity index (χ2n) is 11.6. The van der Waals surface area contributed by atoms with Crippen molar-refractivity contribution in [1.29, 1.82) is 0 Å². The lowest BCUT2D eigenvalue weighted by Crippen LogP contribution is -2.19. The minimum atomic E-state index is 0.0792. The van der Waals surface area contributed by atoms with Gasteiger partial charge in [-0.1, -0.05) is 95.1 Å². The van der Waals surface area contributed by atoms with E-state index in [1.165, 1.54) is 50.1 Å². The molecule has 0 aromatic heterocycles. The van der Waals surface area contributed by atoms with E-state index >= 15 is 0 Å². The van der Waals surface area contributed by atoms with E-state index < -0.39 is 0 Å². The number of nitrogens with two attached hydrogens (primary N) is 1. The summed E-state index contributed by atoms with van der Waals surface area (Å²) >= 11 is 0. The van der Waals surface area contributed by atoms with Crippen molar-refractivity contribution >= 4 is 5.69 Å².